The summed E-state index contributed by atoms with van der Waals surface area (Å²) in [5, 5.41) is 8.75. The van der Waals surface area contributed by atoms with Crippen molar-refractivity contribution in [2.24, 2.45) is 0 Å². The molecular formula is C7H11F2NO. The minimum absolute atomic E-state index is 0.0926. The molecule has 0 saturated carbocycles. The topological polar surface area (TPSA) is 23.5 Å². The van der Waals surface area contributed by atoms with Crippen molar-refractivity contribution in [1.82, 2.24) is 4.90 Å². The van der Waals surface area contributed by atoms with Crippen molar-refractivity contribution in [2.45, 2.75) is 12.5 Å². The van der Waals surface area contributed by atoms with E-state index in [-0.39, 0.29) is 12.2 Å². The Morgan fingerprint density at radius 1 is 1.73 bits per heavy atom. The minimum atomic E-state index is -1.63. The molecule has 1 N–H and O–H groups in total. The molecule has 4 heteroatoms. The van der Waals surface area contributed by atoms with Gasteiger partial charge in [-0.05, 0) is 13.5 Å². The van der Waals surface area contributed by atoms with Crippen LogP contribution in [0.15, 0.2) is 11.7 Å². The highest BCUT2D eigenvalue weighted by atomic mass is 19.3. The van der Waals surface area contributed by atoms with Gasteiger partial charge in [0, 0.05) is 12.1 Å². The first kappa shape index (κ1) is 8.62. The minimum Gasteiger partial charge on any atom is -0.394 e. The van der Waals surface area contributed by atoms with Crippen molar-refractivity contribution < 1.29 is 13.9 Å². The van der Waals surface area contributed by atoms with E-state index in [1.807, 2.05) is 0 Å². The van der Waals surface area contributed by atoms with Crippen LogP contribution < -0.4 is 0 Å². The fourth-order valence-corrected chi connectivity index (χ4v) is 1.36. The van der Waals surface area contributed by atoms with Crippen molar-refractivity contribution in [1.29, 1.82) is 0 Å². The average molecular weight is 163 g/mol. The lowest BCUT2D eigenvalue weighted by atomic mass is 10.1. The van der Waals surface area contributed by atoms with E-state index >= 15 is 0 Å². The number of hydrogen-bond acceptors (Lipinski definition) is 2. The van der Waals surface area contributed by atoms with Gasteiger partial charge in [0.2, 0.25) is 0 Å². The van der Waals surface area contributed by atoms with Crippen LogP contribution in [0, 0.1) is 0 Å². The highest BCUT2D eigenvalue weighted by Gasteiger charge is 2.28. The number of likely N-dealkylation sites (N-methyl/N-ethyl adjacent to an activating group) is 1. The van der Waals surface area contributed by atoms with Crippen LogP contribution in [0.1, 0.15) is 6.42 Å². The predicted molar refractivity (Wildman–Crippen MR) is 37.4 cm³/mol. The first-order valence-electron chi connectivity index (χ1n) is 3.52. The molecule has 1 aliphatic heterocycles. The predicted octanol–water partition coefficient (Wildman–Crippen LogP) is 0.833. The number of likely N-dealkylation sites (tertiary alicyclic amines) is 1. The second kappa shape index (κ2) is 3.28. The number of aliphatic hydroxyl groups excluding tert-OH is 1. The third-order valence-electron chi connectivity index (χ3n) is 2.08. The van der Waals surface area contributed by atoms with E-state index in [1.165, 1.54) is 0 Å². The molecular weight excluding hydrogens is 152 g/mol. The molecule has 1 heterocycles. The largest absolute Gasteiger partial charge is 0.394 e. The summed E-state index contributed by atoms with van der Waals surface area (Å²) < 4.78 is 24.2. The number of aliphatic hydroxyl groups is 1. The lowest BCUT2D eigenvalue weighted by molar-refractivity contribution is 0.194. The fraction of sp³-hybridized carbons (Fsp3) is 0.714. The molecule has 2 nitrogen and oxygen atoms in total. The van der Waals surface area contributed by atoms with E-state index in [0.717, 1.165) is 0 Å². The van der Waals surface area contributed by atoms with Gasteiger partial charge in [-0.15, -0.1) is 0 Å². The summed E-state index contributed by atoms with van der Waals surface area (Å²) in [5.74, 6) is 0. The Morgan fingerprint density at radius 2 is 2.36 bits per heavy atom. The maximum Gasteiger partial charge on any atom is 0.271 e. The van der Waals surface area contributed by atoms with Gasteiger partial charge in [0.25, 0.3) is 6.08 Å². The zero-order valence-electron chi connectivity index (χ0n) is 6.35. The van der Waals surface area contributed by atoms with Crippen molar-refractivity contribution in [3.63, 3.8) is 0 Å². The first-order chi connectivity index (χ1) is 5.16. The third-order valence-corrected chi connectivity index (χ3v) is 2.08. The van der Waals surface area contributed by atoms with Gasteiger partial charge in [0.1, 0.15) is 0 Å². The Kier molecular flexibility index (Phi) is 2.57. The molecule has 1 aliphatic rings. The molecule has 0 aromatic heterocycles. The van der Waals surface area contributed by atoms with Gasteiger partial charge in [-0.1, -0.05) is 0 Å². The van der Waals surface area contributed by atoms with Crippen LogP contribution in [0.25, 0.3) is 0 Å². The van der Waals surface area contributed by atoms with Gasteiger partial charge in [0.15, 0.2) is 0 Å². The van der Waals surface area contributed by atoms with Crippen LogP contribution in [0.3, 0.4) is 0 Å². The molecule has 0 aliphatic carbocycles. The van der Waals surface area contributed by atoms with Gasteiger partial charge in [0.05, 0.1) is 12.6 Å². The smallest absolute Gasteiger partial charge is 0.271 e. The van der Waals surface area contributed by atoms with Crippen LogP contribution in [0.2, 0.25) is 0 Å². The molecule has 1 rings (SSSR count). The van der Waals surface area contributed by atoms with Crippen molar-refractivity contribution in [3.05, 3.63) is 11.7 Å². The Labute approximate surface area is 64.1 Å². The van der Waals surface area contributed by atoms with E-state index < -0.39 is 12.1 Å². The highest BCUT2D eigenvalue weighted by molar-refractivity contribution is 5.16. The van der Waals surface area contributed by atoms with E-state index in [2.05, 4.69) is 0 Å². The van der Waals surface area contributed by atoms with E-state index in [0.29, 0.717) is 13.0 Å². The molecule has 0 aromatic carbocycles. The normalized spacial score (nSPS) is 26.2. The second-order valence-corrected chi connectivity index (χ2v) is 2.71. The quantitative estimate of drug-likeness (QED) is 0.619. The molecule has 1 fully saturated rings. The summed E-state index contributed by atoms with van der Waals surface area (Å²) in [6.07, 6.45) is -1.25. The fourth-order valence-electron chi connectivity index (χ4n) is 1.36. The van der Waals surface area contributed by atoms with E-state index in [9.17, 15) is 8.78 Å². The van der Waals surface area contributed by atoms with Gasteiger partial charge in [-0.2, -0.15) is 8.78 Å². The Morgan fingerprint density at radius 3 is 2.73 bits per heavy atom. The molecule has 1 unspecified atom stereocenters. The molecule has 0 radical (unpaired) electrons. The zero-order valence-corrected chi connectivity index (χ0v) is 6.35. The molecule has 0 bridgehead atoms. The summed E-state index contributed by atoms with van der Waals surface area (Å²) in [5.41, 5.74) is 0.0926. The van der Waals surface area contributed by atoms with Crippen molar-refractivity contribution >= 4 is 0 Å². The monoisotopic (exact) mass is 163 g/mol. The molecule has 1 atom stereocenters. The first-order valence-corrected chi connectivity index (χ1v) is 3.52. The average Bonchev–Trinajstić information content (AvgIpc) is 2.30. The van der Waals surface area contributed by atoms with Crippen LogP contribution in [0.4, 0.5) is 8.78 Å². The zero-order chi connectivity index (χ0) is 8.43. The summed E-state index contributed by atoms with van der Waals surface area (Å²) in [7, 11) is 1.73. The number of rotatable bonds is 1. The third kappa shape index (κ3) is 1.57. The Bertz CT molecular complexity index is 177. The van der Waals surface area contributed by atoms with Gasteiger partial charge >= 0.3 is 0 Å². The van der Waals surface area contributed by atoms with Gasteiger partial charge in [-0.25, -0.2) is 0 Å². The number of hydrogen-bond donors (Lipinski definition) is 1. The summed E-state index contributed by atoms with van der Waals surface area (Å²) in [6, 6.07) is -0.458. The van der Waals surface area contributed by atoms with Crippen molar-refractivity contribution in [2.75, 3.05) is 20.2 Å². The van der Waals surface area contributed by atoms with E-state index in [1.54, 1.807) is 11.9 Å². The molecule has 11 heavy (non-hydrogen) atoms. The van der Waals surface area contributed by atoms with Crippen LogP contribution in [-0.4, -0.2) is 36.2 Å². The maximum atomic E-state index is 12.1. The Hall–Kier alpha value is -0.480. The molecule has 0 spiro atoms. The lowest BCUT2D eigenvalue weighted by Crippen LogP contribution is -2.29. The summed E-state index contributed by atoms with van der Waals surface area (Å²) >= 11 is 0. The standard InChI is InChI=1S/C7H11F2NO/c1-10-3-2-5(7(8)9)6(10)4-11/h6,11H,2-4H2,1H3. The molecule has 0 aromatic rings. The Balaban J connectivity index is 2.77. The molecule has 1 saturated heterocycles. The molecule has 0 amide bonds. The molecule has 64 valence electrons. The van der Waals surface area contributed by atoms with Crippen LogP contribution in [0.5, 0.6) is 0 Å². The highest BCUT2D eigenvalue weighted by Crippen LogP contribution is 2.25. The summed E-state index contributed by atoms with van der Waals surface area (Å²) in [4.78, 5) is 1.73. The SMILES string of the molecule is CN1CCC(=C(F)F)C1CO. The number of halogens is 2. The second-order valence-electron chi connectivity index (χ2n) is 2.71. The number of nitrogens with zero attached hydrogens (tertiary/aromatic N) is 1. The van der Waals surface area contributed by atoms with Gasteiger partial charge < -0.3 is 5.11 Å². The van der Waals surface area contributed by atoms with Gasteiger partial charge in [-0.3, -0.25) is 4.90 Å². The lowest BCUT2D eigenvalue weighted by Gasteiger charge is -2.16. The van der Waals surface area contributed by atoms with Crippen LogP contribution in [-0.2, 0) is 0 Å². The van der Waals surface area contributed by atoms with E-state index in [4.69, 9.17) is 5.11 Å². The van der Waals surface area contributed by atoms with Crippen molar-refractivity contribution in [3.8, 4) is 0 Å². The van der Waals surface area contributed by atoms with Crippen LogP contribution >= 0.6 is 0 Å². The maximum absolute atomic E-state index is 12.1. The summed E-state index contributed by atoms with van der Waals surface area (Å²) in [6.45, 7) is 0.390.